The number of hydrogen-bond donors (Lipinski definition) is 1. The lowest BCUT2D eigenvalue weighted by Gasteiger charge is -2.45. The van der Waals surface area contributed by atoms with Crippen LogP contribution in [0.15, 0.2) is 75.6 Å². The summed E-state index contributed by atoms with van der Waals surface area (Å²) >= 11 is 0. The van der Waals surface area contributed by atoms with Gasteiger partial charge in [0.15, 0.2) is 0 Å². The molecule has 2 atom stereocenters. The third-order valence-electron chi connectivity index (χ3n) is 6.29. The van der Waals surface area contributed by atoms with Gasteiger partial charge in [-0.1, -0.05) is 43.4 Å². The summed E-state index contributed by atoms with van der Waals surface area (Å²) in [5.41, 5.74) is 5.69. The van der Waals surface area contributed by atoms with Crippen molar-refractivity contribution in [2.24, 2.45) is 10.9 Å². The molecule has 1 N–H and O–H groups in total. The van der Waals surface area contributed by atoms with E-state index >= 15 is 0 Å². The number of benzene rings is 1. The van der Waals surface area contributed by atoms with E-state index in [2.05, 4.69) is 31.0 Å². The predicted molar refractivity (Wildman–Crippen MR) is 137 cm³/mol. The van der Waals surface area contributed by atoms with Gasteiger partial charge in [0.1, 0.15) is 5.54 Å². The van der Waals surface area contributed by atoms with Gasteiger partial charge in [-0.05, 0) is 55.7 Å². The molecule has 2 aliphatic rings. The fourth-order valence-electron chi connectivity index (χ4n) is 5.01. The van der Waals surface area contributed by atoms with Crippen LogP contribution in [-0.4, -0.2) is 36.1 Å². The average Bonchev–Trinajstić information content (AvgIpc) is 2.75. The van der Waals surface area contributed by atoms with E-state index in [1.165, 1.54) is 11.1 Å². The Kier molecular flexibility index (Phi) is 7.01. The highest BCUT2D eigenvalue weighted by Crippen LogP contribution is 2.51. The summed E-state index contributed by atoms with van der Waals surface area (Å²) in [5, 5.41) is 0. The monoisotopic (exact) mass is 443 g/mol. The molecule has 1 heterocycles. The Bertz CT molecular complexity index is 1230. The highest BCUT2D eigenvalue weighted by atomic mass is 16.2. The molecule has 5 nitrogen and oxygen atoms in total. The second-order valence-corrected chi connectivity index (χ2v) is 8.78. The number of aromatic nitrogens is 1. The summed E-state index contributed by atoms with van der Waals surface area (Å²) < 4.78 is 0. The Labute approximate surface area is 196 Å². The first-order valence-electron chi connectivity index (χ1n) is 10.9. The van der Waals surface area contributed by atoms with Crippen molar-refractivity contribution < 1.29 is 4.79 Å². The van der Waals surface area contributed by atoms with Crippen LogP contribution in [-0.2, 0) is 12.0 Å². The molecule has 0 radical (unpaired) electrons. The maximum absolute atomic E-state index is 12.2. The molecule has 33 heavy (non-hydrogen) atoms. The van der Waals surface area contributed by atoms with Gasteiger partial charge in [0, 0.05) is 55.5 Å². The maximum Gasteiger partial charge on any atom is 0.253 e. The molecule has 0 aliphatic heterocycles. The van der Waals surface area contributed by atoms with E-state index in [4.69, 9.17) is 4.99 Å². The number of carbonyl (C=O) groups excluding carboxylic acids is 1. The number of hydrogen-bond acceptors (Lipinski definition) is 3. The highest BCUT2D eigenvalue weighted by molar-refractivity contribution is 5.94. The molecule has 0 saturated heterocycles. The van der Waals surface area contributed by atoms with Crippen molar-refractivity contribution >= 4 is 18.2 Å². The molecule has 2 bridgehead atoms. The SMILES string of the molecule is C.C/C=C1\C2C=C(C)CC1(N=C/C=C/c1cccc(C(=O)N(C)C)c1)c1ccc(=O)[nH]c1C2. The quantitative estimate of drug-likeness (QED) is 0.524. The van der Waals surface area contributed by atoms with Crippen LogP contribution in [0.3, 0.4) is 0 Å². The summed E-state index contributed by atoms with van der Waals surface area (Å²) in [7, 11) is 3.50. The van der Waals surface area contributed by atoms with Gasteiger partial charge in [-0.3, -0.25) is 14.6 Å². The lowest BCUT2D eigenvalue weighted by Crippen LogP contribution is -2.40. The molecule has 0 saturated carbocycles. The molecule has 1 aromatic carbocycles. The van der Waals surface area contributed by atoms with E-state index in [0.29, 0.717) is 5.56 Å². The van der Waals surface area contributed by atoms with Gasteiger partial charge in [0.25, 0.3) is 5.91 Å². The van der Waals surface area contributed by atoms with Gasteiger partial charge in [-0.15, -0.1) is 0 Å². The van der Waals surface area contributed by atoms with Crippen LogP contribution in [0.25, 0.3) is 6.08 Å². The number of allylic oxidation sites excluding steroid dienone is 3. The molecule has 2 unspecified atom stereocenters. The molecule has 0 fully saturated rings. The minimum absolute atomic E-state index is 0. The summed E-state index contributed by atoms with van der Waals surface area (Å²) in [6, 6.07) is 11.1. The van der Waals surface area contributed by atoms with Crippen molar-refractivity contribution in [3.63, 3.8) is 0 Å². The molecule has 172 valence electrons. The number of rotatable bonds is 4. The Morgan fingerprint density at radius 3 is 2.76 bits per heavy atom. The van der Waals surface area contributed by atoms with Crippen molar-refractivity contribution in [3.8, 4) is 0 Å². The van der Waals surface area contributed by atoms with Crippen LogP contribution in [0, 0.1) is 5.92 Å². The lowest BCUT2D eigenvalue weighted by atomic mass is 9.63. The average molecular weight is 444 g/mol. The number of carbonyl (C=O) groups is 1. The van der Waals surface area contributed by atoms with Gasteiger partial charge in [0.2, 0.25) is 5.56 Å². The van der Waals surface area contributed by atoms with Crippen LogP contribution in [0.5, 0.6) is 0 Å². The van der Waals surface area contributed by atoms with E-state index in [1.54, 1.807) is 25.1 Å². The molecular weight excluding hydrogens is 410 g/mol. The smallest absolute Gasteiger partial charge is 0.253 e. The molecule has 2 aromatic rings. The minimum Gasteiger partial charge on any atom is -0.345 e. The number of fused-ring (bicyclic) bond motifs is 4. The number of aromatic amines is 1. The molecule has 1 amide bonds. The van der Waals surface area contributed by atoms with Gasteiger partial charge < -0.3 is 9.88 Å². The number of pyridine rings is 1. The van der Waals surface area contributed by atoms with E-state index in [-0.39, 0.29) is 24.8 Å². The maximum atomic E-state index is 12.2. The van der Waals surface area contributed by atoms with Crippen molar-refractivity contribution in [2.45, 2.75) is 39.7 Å². The highest BCUT2D eigenvalue weighted by Gasteiger charge is 2.46. The fourth-order valence-corrected chi connectivity index (χ4v) is 5.01. The zero-order valence-electron chi connectivity index (χ0n) is 19.1. The Morgan fingerprint density at radius 2 is 2.03 bits per heavy atom. The first kappa shape index (κ1) is 24.2. The largest absolute Gasteiger partial charge is 0.345 e. The van der Waals surface area contributed by atoms with Crippen LogP contribution < -0.4 is 5.56 Å². The number of H-pyrrole nitrogens is 1. The Hall–Kier alpha value is -3.47. The number of nitrogens with one attached hydrogen (secondary N) is 1. The normalized spacial score (nSPS) is 22.7. The Morgan fingerprint density at radius 1 is 1.24 bits per heavy atom. The Balaban J connectivity index is 0.00000306. The topological polar surface area (TPSA) is 65.5 Å². The molecule has 4 rings (SSSR count). The first-order chi connectivity index (χ1) is 15.3. The molecular formula is C28H33N3O2. The third-order valence-corrected chi connectivity index (χ3v) is 6.29. The minimum atomic E-state index is -0.497. The molecule has 0 spiro atoms. The third kappa shape index (κ3) is 4.54. The van der Waals surface area contributed by atoms with Crippen molar-refractivity contribution in [3.05, 3.63) is 98.5 Å². The van der Waals surface area contributed by atoms with Gasteiger partial charge in [0.05, 0.1) is 0 Å². The summed E-state index contributed by atoms with van der Waals surface area (Å²) in [6.45, 7) is 4.23. The van der Waals surface area contributed by atoms with Crippen molar-refractivity contribution in [1.82, 2.24) is 9.88 Å². The van der Waals surface area contributed by atoms with Gasteiger partial charge >= 0.3 is 0 Å². The van der Waals surface area contributed by atoms with E-state index < -0.39 is 5.54 Å². The van der Waals surface area contributed by atoms with Crippen LogP contribution in [0.4, 0.5) is 0 Å². The predicted octanol–water partition coefficient (Wildman–Crippen LogP) is 5.16. The fraction of sp³-hybridized carbons (Fsp3) is 0.321. The standard InChI is InChI=1S/C27H29N3O2.CH4/c1-5-22-21-14-18(2)17-27(22,23-11-12-25(31)29-24(23)16-21)28-13-7-9-19-8-6-10-20(15-19)26(32)30(3)4;/h5-15,21H,16-17H2,1-4H3,(H,29,31);1H4/b9-7+,22-5+,28-13?;. The molecule has 1 aromatic heterocycles. The summed E-state index contributed by atoms with van der Waals surface area (Å²) in [5.74, 6) is 0.225. The van der Waals surface area contributed by atoms with Crippen molar-refractivity contribution in [2.75, 3.05) is 14.1 Å². The van der Waals surface area contributed by atoms with Gasteiger partial charge in [-0.25, -0.2) is 0 Å². The van der Waals surface area contributed by atoms with Gasteiger partial charge in [-0.2, -0.15) is 0 Å². The summed E-state index contributed by atoms with van der Waals surface area (Å²) in [4.78, 5) is 33.9. The van der Waals surface area contributed by atoms with Crippen molar-refractivity contribution in [1.29, 1.82) is 0 Å². The number of aliphatic imine (C=N–C) groups is 1. The van der Waals surface area contributed by atoms with E-state index in [9.17, 15) is 9.59 Å². The zero-order chi connectivity index (χ0) is 22.9. The molecule has 2 aliphatic carbocycles. The van der Waals surface area contributed by atoms with Crippen LogP contribution >= 0.6 is 0 Å². The van der Waals surface area contributed by atoms with E-state index in [1.807, 2.05) is 48.7 Å². The second kappa shape index (κ2) is 9.57. The molecule has 5 heteroatoms. The first-order valence-corrected chi connectivity index (χ1v) is 10.9. The zero-order valence-corrected chi connectivity index (χ0v) is 19.1. The van der Waals surface area contributed by atoms with Crippen LogP contribution in [0.2, 0.25) is 0 Å². The summed E-state index contributed by atoms with van der Waals surface area (Å²) in [6.07, 6.45) is 11.8. The van der Waals surface area contributed by atoms with E-state index in [0.717, 1.165) is 29.7 Å². The lowest BCUT2D eigenvalue weighted by molar-refractivity contribution is 0.0827. The number of nitrogens with zero attached hydrogens (tertiary/aromatic N) is 2. The second-order valence-electron chi connectivity index (χ2n) is 8.78. The number of amides is 1. The van der Waals surface area contributed by atoms with Crippen LogP contribution in [0.1, 0.15) is 54.9 Å².